The Morgan fingerprint density at radius 3 is 2.85 bits per heavy atom. The normalized spacial score (nSPS) is 10.6. The molecule has 1 aromatic carbocycles. The van der Waals surface area contributed by atoms with Crippen molar-refractivity contribution in [1.29, 1.82) is 0 Å². The van der Waals surface area contributed by atoms with Gasteiger partial charge in [-0.15, -0.1) is 0 Å². The second-order valence-corrected chi connectivity index (χ2v) is 3.59. The third-order valence-corrected chi connectivity index (χ3v) is 2.66. The van der Waals surface area contributed by atoms with Crippen LogP contribution in [0.2, 0.25) is 0 Å². The van der Waals surface area contributed by atoms with Crippen molar-refractivity contribution >= 4 is 26.8 Å². The van der Waals surface area contributed by atoms with Crippen LogP contribution in [0.1, 0.15) is 5.56 Å². The lowest BCUT2D eigenvalue weighted by atomic mass is 10.2. The standard InChI is InChI=1S/C10H9BrN2/c11-10-8(6-12)5-7-3-1-2-4-9(7)13-10/h1-5H,6,12H2. The lowest BCUT2D eigenvalue weighted by Gasteiger charge is -2.02. The number of aromatic nitrogens is 1. The number of fused-ring (bicyclic) bond motifs is 1. The molecule has 0 saturated carbocycles. The lowest BCUT2D eigenvalue weighted by molar-refractivity contribution is 1.04. The summed E-state index contributed by atoms with van der Waals surface area (Å²) in [6.45, 7) is 0.512. The number of pyridine rings is 1. The van der Waals surface area contributed by atoms with E-state index in [2.05, 4.69) is 27.0 Å². The summed E-state index contributed by atoms with van der Waals surface area (Å²) < 4.78 is 0.841. The Morgan fingerprint density at radius 1 is 1.31 bits per heavy atom. The van der Waals surface area contributed by atoms with Crippen molar-refractivity contribution in [2.24, 2.45) is 5.73 Å². The second-order valence-electron chi connectivity index (χ2n) is 2.84. The van der Waals surface area contributed by atoms with Crippen molar-refractivity contribution in [3.05, 3.63) is 40.5 Å². The van der Waals surface area contributed by atoms with E-state index in [-0.39, 0.29) is 0 Å². The van der Waals surface area contributed by atoms with Crippen molar-refractivity contribution in [2.75, 3.05) is 0 Å². The summed E-state index contributed by atoms with van der Waals surface area (Å²) in [7, 11) is 0. The molecule has 0 bridgehead atoms. The molecule has 0 radical (unpaired) electrons. The van der Waals surface area contributed by atoms with Gasteiger partial charge >= 0.3 is 0 Å². The van der Waals surface area contributed by atoms with Gasteiger partial charge in [0.25, 0.3) is 0 Å². The maximum absolute atomic E-state index is 5.57. The molecule has 0 saturated heterocycles. The molecule has 3 heteroatoms. The van der Waals surface area contributed by atoms with Gasteiger partial charge in [-0.2, -0.15) is 0 Å². The van der Waals surface area contributed by atoms with E-state index in [0.717, 1.165) is 21.1 Å². The Labute approximate surface area is 84.9 Å². The predicted molar refractivity (Wildman–Crippen MR) is 57.3 cm³/mol. The smallest absolute Gasteiger partial charge is 0.111 e. The van der Waals surface area contributed by atoms with Gasteiger partial charge in [0, 0.05) is 11.9 Å². The topological polar surface area (TPSA) is 38.9 Å². The van der Waals surface area contributed by atoms with E-state index in [0.29, 0.717) is 6.54 Å². The highest BCUT2D eigenvalue weighted by Gasteiger charge is 2.01. The van der Waals surface area contributed by atoms with Gasteiger partial charge < -0.3 is 5.73 Å². The van der Waals surface area contributed by atoms with Crippen LogP contribution in [-0.4, -0.2) is 4.98 Å². The minimum Gasteiger partial charge on any atom is -0.326 e. The zero-order valence-electron chi connectivity index (χ0n) is 7.00. The van der Waals surface area contributed by atoms with Gasteiger partial charge in [0.1, 0.15) is 4.60 Å². The van der Waals surface area contributed by atoms with Crippen molar-refractivity contribution in [1.82, 2.24) is 4.98 Å². The predicted octanol–water partition coefficient (Wildman–Crippen LogP) is 2.46. The van der Waals surface area contributed by atoms with Crippen LogP contribution in [-0.2, 0) is 6.54 Å². The fourth-order valence-corrected chi connectivity index (χ4v) is 1.75. The van der Waals surface area contributed by atoms with Crippen LogP contribution in [0.15, 0.2) is 34.9 Å². The minimum absolute atomic E-state index is 0.512. The fraction of sp³-hybridized carbons (Fsp3) is 0.100. The SMILES string of the molecule is NCc1cc2ccccc2nc1Br. The molecule has 0 atom stereocenters. The van der Waals surface area contributed by atoms with E-state index in [1.54, 1.807) is 0 Å². The second kappa shape index (κ2) is 3.44. The number of hydrogen-bond donors (Lipinski definition) is 1. The number of hydrogen-bond acceptors (Lipinski definition) is 2. The first-order valence-electron chi connectivity index (χ1n) is 4.05. The van der Waals surface area contributed by atoms with Gasteiger partial charge in [0.2, 0.25) is 0 Å². The van der Waals surface area contributed by atoms with E-state index < -0.39 is 0 Å². The number of halogens is 1. The summed E-state index contributed by atoms with van der Waals surface area (Å²) in [4.78, 5) is 4.38. The Bertz CT molecular complexity index is 440. The summed E-state index contributed by atoms with van der Waals surface area (Å²) in [5.41, 5.74) is 7.60. The quantitative estimate of drug-likeness (QED) is 0.773. The van der Waals surface area contributed by atoms with Gasteiger partial charge in [-0.05, 0) is 33.6 Å². The molecule has 0 amide bonds. The number of benzene rings is 1. The molecule has 2 nitrogen and oxygen atoms in total. The number of nitrogens with zero attached hydrogens (tertiary/aromatic N) is 1. The molecule has 2 aromatic rings. The first kappa shape index (κ1) is 8.66. The molecular formula is C10H9BrN2. The lowest BCUT2D eigenvalue weighted by Crippen LogP contribution is -1.98. The van der Waals surface area contributed by atoms with Crippen LogP contribution in [0.3, 0.4) is 0 Å². The van der Waals surface area contributed by atoms with E-state index >= 15 is 0 Å². The van der Waals surface area contributed by atoms with E-state index in [9.17, 15) is 0 Å². The molecular weight excluding hydrogens is 228 g/mol. The van der Waals surface area contributed by atoms with Crippen LogP contribution in [0, 0.1) is 0 Å². The van der Waals surface area contributed by atoms with E-state index in [1.807, 2.05) is 24.3 Å². The largest absolute Gasteiger partial charge is 0.326 e. The van der Waals surface area contributed by atoms with Crippen LogP contribution in [0.4, 0.5) is 0 Å². The molecule has 0 fully saturated rings. The van der Waals surface area contributed by atoms with Crippen molar-refractivity contribution < 1.29 is 0 Å². The third kappa shape index (κ3) is 1.57. The average Bonchev–Trinajstić information content (AvgIpc) is 2.17. The van der Waals surface area contributed by atoms with Crippen molar-refractivity contribution in [2.45, 2.75) is 6.54 Å². The van der Waals surface area contributed by atoms with Gasteiger partial charge in [0.15, 0.2) is 0 Å². The Hall–Kier alpha value is -0.930. The van der Waals surface area contributed by atoms with Crippen LogP contribution < -0.4 is 5.73 Å². The fourth-order valence-electron chi connectivity index (χ4n) is 1.28. The molecule has 66 valence electrons. The zero-order valence-corrected chi connectivity index (χ0v) is 8.58. The summed E-state index contributed by atoms with van der Waals surface area (Å²) in [6.07, 6.45) is 0. The van der Waals surface area contributed by atoms with Crippen molar-refractivity contribution in [3.8, 4) is 0 Å². The molecule has 1 aromatic heterocycles. The highest BCUT2D eigenvalue weighted by molar-refractivity contribution is 9.10. The molecule has 0 spiro atoms. The Kier molecular flexibility index (Phi) is 2.29. The number of nitrogens with two attached hydrogens (primary N) is 1. The molecule has 0 unspecified atom stereocenters. The summed E-state index contributed by atoms with van der Waals surface area (Å²) in [5.74, 6) is 0. The molecule has 2 rings (SSSR count). The maximum atomic E-state index is 5.57. The average molecular weight is 237 g/mol. The Morgan fingerprint density at radius 2 is 2.08 bits per heavy atom. The molecule has 1 heterocycles. The third-order valence-electron chi connectivity index (χ3n) is 1.97. The molecule has 2 N–H and O–H groups in total. The van der Waals surface area contributed by atoms with Crippen molar-refractivity contribution in [3.63, 3.8) is 0 Å². The highest BCUT2D eigenvalue weighted by Crippen LogP contribution is 2.19. The molecule has 13 heavy (non-hydrogen) atoms. The number of rotatable bonds is 1. The van der Waals surface area contributed by atoms with Crippen LogP contribution in [0.25, 0.3) is 10.9 Å². The summed E-state index contributed by atoms with van der Waals surface area (Å²) in [5, 5.41) is 1.13. The molecule has 0 aliphatic rings. The molecule has 0 aliphatic carbocycles. The first-order valence-corrected chi connectivity index (χ1v) is 4.85. The Balaban J connectivity index is 2.74. The zero-order chi connectivity index (χ0) is 9.26. The van der Waals surface area contributed by atoms with Gasteiger partial charge in [-0.1, -0.05) is 18.2 Å². The van der Waals surface area contributed by atoms with Gasteiger partial charge in [-0.25, -0.2) is 4.98 Å². The van der Waals surface area contributed by atoms with E-state index in [4.69, 9.17) is 5.73 Å². The van der Waals surface area contributed by atoms with E-state index in [1.165, 1.54) is 0 Å². The highest BCUT2D eigenvalue weighted by atomic mass is 79.9. The molecule has 0 aliphatic heterocycles. The van der Waals surface area contributed by atoms with Crippen LogP contribution >= 0.6 is 15.9 Å². The van der Waals surface area contributed by atoms with Crippen LogP contribution in [0.5, 0.6) is 0 Å². The summed E-state index contributed by atoms with van der Waals surface area (Å²) >= 11 is 3.39. The minimum atomic E-state index is 0.512. The monoisotopic (exact) mass is 236 g/mol. The maximum Gasteiger partial charge on any atom is 0.111 e. The first-order chi connectivity index (χ1) is 6.31. The summed E-state index contributed by atoms with van der Waals surface area (Å²) in [6, 6.07) is 10.1. The number of para-hydroxylation sites is 1. The van der Waals surface area contributed by atoms with Gasteiger partial charge in [-0.3, -0.25) is 0 Å². The van der Waals surface area contributed by atoms with Gasteiger partial charge in [0.05, 0.1) is 5.52 Å².